The summed E-state index contributed by atoms with van der Waals surface area (Å²) in [5.41, 5.74) is 0. The van der Waals surface area contributed by atoms with E-state index in [-0.39, 0.29) is 29.5 Å². The summed E-state index contributed by atoms with van der Waals surface area (Å²) >= 11 is 0. The van der Waals surface area contributed by atoms with Gasteiger partial charge in [0.25, 0.3) is 0 Å². The van der Waals surface area contributed by atoms with Crippen molar-refractivity contribution in [1.29, 1.82) is 0 Å². The van der Waals surface area contributed by atoms with Crippen molar-refractivity contribution in [2.24, 2.45) is 0 Å². The molecule has 8 heteroatoms. The Morgan fingerprint density at radius 1 is 1.18 bits per heavy atom. The van der Waals surface area contributed by atoms with Crippen LogP contribution in [0.5, 0.6) is 0 Å². The van der Waals surface area contributed by atoms with E-state index in [1.54, 1.807) is 18.2 Å². The van der Waals surface area contributed by atoms with Crippen molar-refractivity contribution in [1.82, 2.24) is 4.90 Å². The molecule has 0 unspecified atom stereocenters. The second kappa shape index (κ2) is 6.37. The zero-order chi connectivity index (χ0) is 16.4. The summed E-state index contributed by atoms with van der Waals surface area (Å²) in [5.74, 6) is -0.582. The zero-order valence-electron chi connectivity index (χ0n) is 12.3. The number of likely N-dealkylation sites (tertiary alicyclic amines) is 1. The molecule has 1 amide bonds. The molecule has 1 aliphatic heterocycles. The van der Waals surface area contributed by atoms with Gasteiger partial charge in [-0.05, 0) is 18.6 Å². The first-order chi connectivity index (χ1) is 10.2. The second-order valence-electron chi connectivity index (χ2n) is 5.46. The molecule has 2 rings (SSSR count). The van der Waals surface area contributed by atoms with E-state index in [1.165, 1.54) is 17.0 Å². The first kappa shape index (κ1) is 17.0. The highest BCUT2D eigenvalue weighted by atomic mass is 32.2. The molecule has 6 nitrogen and oxygen atoms in total. The molecule has 1 aromatic carbocycles. The molecular formula is C14H19NO5S2. The molecule has 122 valence electrons. The van der Waals surface area contributed by atoms with Gasteiger partial charge in [-0.1, -0.05) is 18.2 Å². The first-order valence-corrected chi connectivity index (χ1v) is 10.6. The van der Waals surface area contributed by atoms with Crippen molar-refractivity contribution >= 4 is 25.6 Å². The molecule has 0 aromatic heterocycles. The molecule has 0 N–H and O–H groups in total. The van der Waals surface area contributed by atoms with E-state index in [9.17, 15) is 21.6 Å². The third-order valence-corrected chi connectivity index (χ3v) is 7.12. The summed E-state index contributed by atoms with van der Waals surface area (Å²) < 4.78 is 47.2. The number of carbonyl (C=O) groups excluding carboxylic acids is 1. The minimum absolute atomic E-state index is 0.131. The molecule has 1 heterocycles. The Morgan fingerprint density at radius 2 is 1.82 bits per heavy atom. The monoisotopic (exact) mass is 345 g/mol. The maximum Gasteiger partial charge on any atom is 0.223 e. The third-order valence-electron chi connectivity index (χ3n) is 3.79. The summed E-state index contributed by atoms with van der Waals surface area (Å²) in [4.78, 5) is 13.7. The quantitative estimate of drug-likeness (QED) is 0.775. The van der Waals surface area contributed by atoms with Gasteiger partial charge in [-0.15, -0.1) is 0 Å². The molecule has 1 aromatic rings. The standard InChI is InChI=1S/C14H19NO5S2/c1-21(17,18)13-7-9-15(11-13)14(16)8-10-22(19,20)12-5-3-2-4-6-12/h2-6,13H,7-11H2,1H3/t13-/m0/s1. The predicted molar refractivity (Wildman–Crippen MR) is 82.9 cm³/mol. The molecule has 0 aliphatic carbocycles. The lowest BCUT2D eigenvalue weighted by atomic mass is 10.4. The summed E-state index contributed by atoms with van der Waals surface area (Å²) in [6.45, 7) is 0.519. The SMILES string of the molecule is CS(=O)(=O)[C@H]1CCN(C(=O)CCS(=O)(=O)c2ccccc2)C1. The lowest BCUT2D eigenvalue weighted by molar-refractivity contribution is -0.129. The first-order valence-electron chi connectivity index (χ1n) is 6.94. The van der Waals surface area contributed by atoms with Gasteiger partial charge < -0.3 is 4.90 Å². The van der Waals surface area contributed by atoms with Crippen LogP contribution in [0.15, 0.2) is 35.2 Å². The number of rotatable bonds is 5. The van der Waals surface area contributed by atoms with Crippen molar-refractivity contribution in [2.75, 3.05) is 25.1 Å². The van der Waals surface area contributed by atoms with Crippen molar-refractivity contribution in [3.05, 3.63) is 30.3 Å². The Hall–Kier alpha value is -1.41. The van der Waals surface area contributed by atoms with E-state index < -0.39 is 24.9 Å². The van der Waals surface area contributed by atoms with Crippen LogP contribution in [0.4, 0.5) is 0 Å². The molecule has 1 saturated heterocycles. The molecular weight excluding hydrogens is 326 g/mol. The summed E-state index contributed by atoms with van der Waals surface area (Å²) in [5, 5.41) is -0.540. The summed E-state index contributed by atoms with van der Waals surface area (Å²) in [7, 11) is -6.66. The molecule has 1 atom stereocenters. The Labute approximate surface area is 131 Å². The van der Waals surface area contributed by atoms with Crippen LogP contribution in [-0.2, 0) is 24.5 Å². The van der Waals surface area contributed by atoms with Crippen molar-refractivity contribution in [3.63, 3.8) is 0 Å². The Kier molecular flexibility index (Phi) is 4.91. The van der Waals surface area contributed by atoms with Crippen LogP contribution in [0.3, 0.4) is 0 Å². The number of amides is 1. The van der Waals surface area contributed by atoms with Gasteiger partial charge in [0.05, 0.1) is 15.9 Å². The van der Waals surface area contributed by atoms with Gasteiger partial charge in [-0.3, -0.25) is 4.79 Å². The fourth-order valence-corrected chi connectivity index (χ4v) is 4.66. The van der Waals surface area contributed by atoms with Crippen molar-refractivity contribution in [3.8, 4) is 0 Å². The lowest BCUT2D eigenvalue weighted by Gasteiger charge is -2.16. The van der Waals surface area contributed by atoms with Crippen molar-refractivity contribution < 1.29 is 21.6 Å². The van der Waals surface area contributed by atoms with Gasteiger partial charge in [-0.25, -0.2) is 16.8 Å². The van der Waals surface area contributed by atoms with Gasteiger partial charge in [0.15, 0.2) is 19.7 Å². The average molecular weight is 345 g/mol. The number of nitrogens with zero attached hydrogens (tertiary/aromatic N) is 1. The van der Waals surface area contributed by atoms with E-state index in [4.69, 9.17) is 0 Å². The normalized spacial score (nSPS) is 19.3. The zero-order valence-corrected chi connectivity index (χ0v) is 13.9. The molecule has 0 spiro atoms. The van der Waals surface area contributed by atoms with Crippen LogP contribution in [0.2, 0.25) is 0 Å². The minimum atomic E-state index is -3.49. The van der Waals surface area contributed by atoms with Gasteiger partial charge >= 0.3 is 0 Å². The maximum absolute atomic E-state index is 12.1. The van der Waals surface area contributed by atoms with Crippen LogP contribution in [0.25, 0.3) is 0 Å². The van der Waals surface area contributed by atoms with Gasteiger partial charge in [-0.2, -0.15) is 0 Å². The van der Waals surface area contributed by atoms with Gasteiger partial charge in [0.1, 0.15) is 0 Å². The number of benzene rings is 1. The fraction of sp³-hybridized carbons (Fsp3) is 0.500. The summed E-state index contributed by atoms with van der Waals surface area (Å²) in [6.07, 6.45) is 1.44. The molecule has 1 aliphatic rings. The third kappa shape index (κ3) is 4.07. The molecule has 22 heavy (non-hydrogen) atoms. The van der Waals surface area contributed by atoms with Crippen molar-refractivity contribution in [2.45, 2.75) is 23.0 Å². The van der Waals surface area contributed by atoms with Gasteiger partial charge in [0, 0.05) is 25.8 Å². The molecule has 0 radical (unpaired) electrons. The Morgan fingerprint density at radius 3 is 2.36 bits per heavy atom. The minimum Gasteiger partial charge on any atom is -0.341 e. The van der Waals surface area contributed by atoms with Crippen LogP contribution in [0, 0.1) is 0 Å². The topological polar surface area (TPSA) is 88.6 Å². The number of carbonyl (C=O) groups is 1. The highest BCUT2D eigenvalue weighted by Gasteiger charge is 2.32. The van der Waals surface area contributed by atoms with E-state index in [2.05, 4.69) is 0 Å². The summed E-state index contributed by atoms with van der Waals surface area (Å²) in [6, 6.07) is 7.97. The van der Waals surface area contributed by atoms with Crippen LogP contribution >= 0.6 is 0 Å². The Bertz CT molecular complexity index is 741. The predicted octanol–water partition coefficient (Wildman–Crippen LogP) is 0.496. The second-order valence-corrected chi connectivity index (χ2v) is 9.90. The number of hydrogen-bond acceptors (Lipinski definition) is 5. The molecule has 1 fully saturated rings. The van der Waals surface area contributed by atoms with E-state index in [0.29, 0.717) is 13.0 Å². The number of sulfone groups is 2. The Balaban J connectivity index is 1.94. The van der Waals surface area contributed by atoms with Crippen LogP contribution < -0.4 is 0 Å². The highest BCUT2D eigenvalue weighted by Crippen LogP contribution is 2.18. The molecule has 0 saturated carbocycles. The fourth-order valence-electron chi connectivity index (χ4n) is 2.43. The van der Waals surface area contributed by atoms with E-state index >= 15 is 0 Å². The van der Waals surface area contributed by atoms with Crippen LogP contribution in [-0.4, -0.2) is 58.0 Å². The average Bonchev–Trinajstić information content (AvgIpc) is 2.96. The highest BCUT2D eigenvalue weighted by molar-refractivity contribution is 7.91. The van der Waals surface area contributed by atoms with Crippen LogP contribution in [0.1, 0.15) is 12.8 Å². The van der Waals surface area contributed by atoms with Gasteiger partial charge in [0.2, 0.25) is 5.91 Å². The maximum atomic E-state index is 12.1. The smallest absolute Gasteiger partial charge is 0.223 e. The van der Waals surface area contributed by atoms with E-state index in [0.717, 1.165) is 6.26 Å². The number of hydrogen-bond donors (Lipinski definition) is 0. The largest absolute Gasteiger partial charge is 0.341 e. The lowest BCUT2D eigenvalue weighted by Crippen LogP contribution is -2.32. The molecule has 0 bridgehead atoms. The van der Waals surface area contributed by atoms with E-state index in [1.807, 2.05) is 0 Å².